The molecule has 0 saturated carbocycles. The molecule has 1 atom stereocenters. The van der Waals surface area contributed by atoms with E-state index in [2.05, 4.69) is 57.2 Å². The molecule has 0 spiro atoms. The first-order valence-corrected chi connectivity index (χ1v) is 36.5. The van der Waals surface area contributed by atoms with Gasteiger partial charge in [-0.2, -0.15) is 0 Å². The van der Waals surface area contributed by atoms with E-state index in [4.69, 9.17) is 14.2 Å². The lowest BCUT2D eigenvalue weighted by Crippen LogP contribution is -2.30. The molecule has 0 aliphatic rings. The van der Waals surface area contributed by atoms with Crippen LogP contribution in [0.2, 0.25) is 0 Å². The number of ether oxygens (including phenoxy) is 3. The van der Waals surface area contributed by atoms with Crippen molar-refractivity contribution < 1.29 is 28.6 Å². The third kappa shape index (κ3) is 68.3. The molecule has 0 fully saturated rings. The highest BCUT2D eigenvalue weighted by atomic mass is 16.6. The zero-order chi connectivity index (χ0) is 58.5. The van der Waals surface area contributed by atoms with Crippen LogP contribution in [0.3, 0.4) is 0 Å². The molecule has 0 rings (SSSR count). The van der Waals surface area contributed by atoms with E-state index in [0.717, 1.165) is 83.5 Å². The Morgan fingerprint density at radius 3 is 0.741 bits per heavy atom. The van der Waals surface area contributed by atoms with E-state index in [9.17, 15) is 14.4 Å². The molecule has 81 heavy (non-hydrogen) atoms. The van der Waals surface area contributed by atoms with Crippen molar-refractivity contribution in [1.82, 2.24) is 0 Å². The predicted molar refractivity (Wildman–Crippen MR) is 353 cm³/mol. The van der Waals surface area contributed by atoms with Gasteiger partial charge in [0.2, 0.25) is 0 Å². The molecule has 0 aromatic carbocycles. The summed E-state index contributed by atoms with van der Waals surface area (Å²) in [7, 11) is 0. The normalized spacial score (nSPS) is 12.2. The molecular weight excluding hydrogens is 997 g/mol. The number of hydrogen-bond donors (Lipinski definition) is 0. The minimum absolute atomic E-state index is 0.0730. The molecule has 1 unspecified atom stereocenters. The molecule has 6 heteroatoms. The van der Waals surface area contributed by atoms with Gasteiger partial charge >= 0.3 is 17.9 Å². The van der Waals surface area contributed by atoms with Gasteiger partial charge in [0.15, 0.2) is 6.10 Å². The van der Waals surface area contributed by atoms with Crippen molar-refractivity contribution in [3.8, 4) is 0 Å². The molecule has 0 saturated heterocycles. The highest BCUT2D eigenvalue weighted by Crippen LogP contribution is 2.19. The summed E-state index contributed by atoms with van der Waals surface area (Å²) >= 11 is 0. The van der Waals surface area contributed by atoms with E-state index in [1.807, 2.05) is 0 Å². The molecular formula is C75H140O6. The molecule has 0 aromatic heterocycles. The molecule has 0 aromatic rings. The van der Waals surface area contributed by atoms with Crippen LogP contribution < -0.4 is 0 Å². The first kappa shape index (κ1) is 78.6. The smallest absolute Gasteiger partial charge is 0.306 e. The second kappa shape index (κ2) is 70.1. The van der Waals surface area contributed by atoms with Crippen molar-refractivity contribution in [2.24, 2.45) is 0 Å². The van der Waals surface area contributed by atoms with Gasteiger partial charge in [-0.15, -0.1) is 0 Å². The Kier molecular flexibility index (Phi) is 68.1. The second-order valence-electron chi connectivity index (χ2n) is 24.9. The third-order valence-electron chi connectivity index (χ3n) is 16.6. The SMILES string of the molecule is CCC/C=C\C/C=C\CCCCCCCC(=O)OCC(COC(=O)CCCCCCCCCCCCCCCCCCCCCCCCCCCCCCCCC)OC(=O)CCCCCCCCCCC/C=C\CCCCCCCC. The lowest BCUT2D eigenvalue weighted by atomic mass is 10.0. The minimum atomic E-state index is -0.778. The highest BCUT2D eigenvalue weighted by molar-refractivity contribution is 5.71. The first-order chi connectivity index (χ1) is 40.0. The van der Waals surface area contributed by atoms with Crippen LogP contribution in [0.5, 0.6) is 0 Å². The van der Waals surface area contributed by atoms with Crippen molar-refractivity contribution >= 4 is 17.9 Å². The fraction of sp³-hybridized carbons (Fsp3) is 0.880. The Morgan fingerprint density at radius 1 is 0.247 bits per heavy atom. The largest absolute Gasteiger partial charge is 0.462 e. The quantitative estimate of drug-likeness (QED) is 0.0261. The first-order valence-electron chi connectivity index (χ1n) is 36.5. The van der Waals surface area contributed by atoms with Crippen LogP contribution in [0.1, 0.15) is 406 Å². The number of allylic oxidation sites excluding steroid dienone is 6. The second-order valence-corrected chi connectivity index (χ2v) is 24.9. The number of unbranched alkanes of at least 4 members (excludes halogenated alkanes) is 51. The molecule has 0 heterocycles. The zero-order valence-electron chi connectivity index (χ0n) is 54.8. The summed E-state index contributed by atoms with van der Waals surface area (Å²) in [6.07, 6.45) is 87.7. The fourth-order valence-corrected chi connectivity index (χ4v) is 11.1. The van der Waals surface area contributed by atoms with E-state index >= 15 is 0 Å². The number of rotatable bonds is 68. The number of esters is 3. The van der Waals surface area contributed by atoms with Crippen molar-refractivity contribution in [3.63, 3.8) is 0 Å². The highest BCUT2D eigenvalue weighted by Gasteiger charge is 2.19. The van der Waals surface area contributed by atoms with Crippen LogP contribution in [-0.4, -0.2) is 37.2 Å². The van der Waals surface area contributed by atoms with E-state index in [-0.39, 0.29) is 31.1 Å². The maximum Gasteiger partial charge on any atom is 0.306 e. The van der Waals surface area contributed by atoms with Gasteiger partial charge in [-0.1, -0.05) is 353 Å². The van der Waals surface area contributed by atoms with Gasteiger partial charge in [-0.25, -0.2) is 0 Å². The molecule has 0 aliphatic carbocycles. The van der Waals surface area contributed by atoms with Gasteiger partial charge in [0.05, 0.1) is 0 Å². The topological polar surface area (TPSA) is 78.9 Å². The summed E-state index contributed by atoms with van der Waals surface area (Å²) in [5.74, 6) is -0.863. The Morgan fingerprint density at radius 2 is 0.469 bits per heavy atom. The van der Waals surface area contributed by atoms with E-state index < -0.39 is 6.10 Å². The van der Waals surface area contributed by atoms with Crippen LogP contribution in [0.15, 0.2) is 36.5 Å². The Labute approximate surface area is 506 Å². The average Bonchev–Trinajstić information content (AvgIpc) is 3.46. The summed E-state index contributed by atoms with van der Waals surface area (Å²) in [6.45, 7) is 6.63. The maximum atomic E-state index is 12.9. The van der Waals surface area contributed by atoms with Gasteiger partial charge in [0.25, 0.3) is 0 Å². The molecule has 6 nitrogen and oxygen atoms in total. The van der Waals surface area contributed by atoms with E-state index in [0.29, 0.717) is 19.3 Å². The summed E-state index contributed by atoms with van der Waals surface area (Å²) in [5.41, 5.74) is 0. The van der Waals surface area contributed by atoms with Crippen LogP contribution >= 0.6 is 0 Å². The molecule has 0 aliphatic heterocycles. The number of carbonyl (C=O) groups excluding carboxylic acids is 3. The van der Waals surface area contributed by atoms with Gasteiger partial charge in [-0.05, 0) is 70.6 Å². The van der Waals surface area contributed by atoms with Crippen molar-refractivity contribution in [1.29, 1.82) is 0 Å². The Hall–Kier alpha value is -2.37. The zero-order valence-corrected chi connectivity index (χ0v) is 54.8. The van der Waals surface area contributed by atoms with Gasteiger partial charge in [0.1, 0.15) is 13.2 Å². The van der Waals surface area contributed by atoms with Crippen LogP contribution in [-0.2, 0) is 28.6 Å². The summed E-state index contributed by atoms with van der Waals surface area (Å²) in [4.78, 5) is 38.4. The van der Waals surface area contributed by atoms with Gasteiger partial charge in [-0.3, -0.25) is 14.4 Å². The number of carbonyl (C=O) groups is 3. The fourth-order valence-electron chi connectivity index (χ4n) is 11.1. The summed E-state index contributed by atoms with van der Waals surface area (Å²) < 4.78 is 17.0. The lowest BCUT2D eigenvalue weighted by Gasteiger charge is -2.18. The minimum Gasteiger partial charge on any atom is -0.462 e. The Bertz CT molecular complexity index is 1350. The van der Waals surface area contributed by atoms with Crippen LogP contribution in [0.4, 0.5) is 0 Å². The maximum absolute atomic E-state index is 12.9. The van der Waals surface area contributed by atoms with Crippen LogP contribution in [0.25, 0.3) is 0 Å². The standard InChI is InChI=1S/C75H140O6/c1-4-7-10-13-16-19-22-25-27-29-31-32-33-34-35-36-37-38-39-40-41-42-44-45-47-50-53-56-59-62-65-68-74(77)80-71-72(70-79-73(76)67-64-61-58-55-52-49-24-21-18-15-12-9-6-3)81-75(78)69-66-63-60-57-54-51-48-46-43-30-28-26-23-20-17-14-11-8-5-2/h12,15,21,24,26,28,72H,4-11,13-14,16-20,22-23,25,27,29-71H2,1-3H3/b15-12-,24-21-,28-26-. The molecule has 0 amide bonds. The summed E-state index contributed by atoms with van der Waals surface area (Å²) in [6, 6.07) is 0. The van der Waals surface area contributed by atoms with Crippen molar-refractivity contribution in [2.45, 2.75) is 412 Å². The summed E-state index contributed by atoms with van der Waals surface area (Å²) in [5, 5.41) is 0. The monoisotopic (exact) mass is 1140 g/mol. The van der Waals surface area contributed by atoms with Crippen LogP contribution in [0, 0.1) is 0 Å². The lowest BCUT2D eigenvalue weighted by molar-refractivity contribution is -0.167. The van der Waals surface area contributed by atoms with Gasteiger partial charge in [0, 0.05) is 19.3 Å². The Balaban J connectivity index is 4.14. The van der Waals surface area contributed by atoms with Crippen molar-refractivity contribution in [2.75, 3.05) is 13.2 Å². The van der Waals surface area contributed by atoms with Gasteiger partial charge < -0.3 is 14.2 Å². The van der Waals surface area contributed by atoms with Crippen molar-refractivity contribution in [3.05, 3.63) is 36.5 Å². The predicted octanol–water partition coefficient (Wildman–Crippen LogP) is 25.1. The average molecular weight is 1140 g/mol. The third-order valence-corrected chi connectivity index (χ3v) is 16.6. The molecule has 476 valence electrons. The van der Waals surface area contributed by atoms with E-state index in [1.54, 1.807) is 0 Å². The molecule has 0 bridgehead atoms. The van der Waals surface area contributed by atoms with E-state index in [1.165, 1.54) is 283 Å². The number of hydrogen-bond acceptors (Lipinski definition) is 6. The molecule has 0 radical (unpaired) electrons. The molecule has 0 N–H and O–H groups in total.